The third-order valence-corrected chi connectivity index (χ3v) is 5.32. The quantitative estimate of drug-likeness (QED) is 0.464. The Hall–Kier alpha value is -3.51. The monoisotopic (exact) mass is 431 g/mol. The zero-order valence-corrected chi connectivity index (χ0v) is 18.0. The second kappa shape index (κ2) is 9.10. The summed E-state index contributed by atoms with van der Waals surface area (Å²) in [5.41, 5.74) is 4.38. The minimum atomic E-state index is -0.315. The molecule has 1 N–H and O–H groups in total. The first-order valence-corrected chi connectivity index (χ1v) is 10.4. The van der Waals surface area contributed by atoms with E-state index in [-0.39, 0.29) is 11.6 Å². The lowest BCUT2D eigenvalue weighted by molar-refractivity contribution is 0.0946. The van der Waals surface area contributed by atoms with Gasteiger partial charge in [0.25, 0.3) is 5.91 Å². The summed E-state index contributed by atoms with van der Waals surface area (Å²) < 4.78 is 1.58. The molecule has 0 spiro atoms. The van der Waals surface area contributed by atoms with Crippen LogP contribution in [0.4, 0.5) is 0 Å². The van der Waals surface area contributed by atoms with Gasteiger partial charge in [-0.1, -0.05) is 67.1 Å². The number of rotatable bonds is 6. The van der Waals surface area contributed by atoms with Crippen LogP contribution in [0.25, 0.3) is 16.9 Å². The molecule has 2 aromatic heterocycles. The first-order chi connectivity index (χ1) is 15.0. The van der Waals surface area contributed by atoms with Gasteiger partial charge in [0.1, 0.15) is 5.69 Å². The number of amides is 1. The average molecular weight is 432 g/mol. The molecular weight excluding hydrogens is 410 g/mol. The molecule has 2 heterocycles. The third kappa shape index (κ3) is 4.49. The predicted octanol–water partition coefficient (Wildman–Crippen LogP) is 5.04. The zero-order chi connectivity index (χ0) is 21.8. The van der Waals surface area contributed by atoms with Crippen molar-refractivity contribution in [3.8, 4) is 16.9 Å². The lowest BCUT2D eigenvalue weighted by Crippen LogP contribution is -2.24. The number of pyridine rings is 1. The van der Waals surface area contributed by atoms with Crippen molar-refractivity contribution in [2.45, 2.75) is 26.3 Å². The van der Waals surface area contributed by atoms with Gasteiger partial charge in [-0.3, -0.25) is 9.78 Å². The van der Waals surface area contributed by atoms with Crippen molar-refractivity contribution in [3.63, 3.8) is 0 Å². The van der Waals surface area contributed by atoms with Gasteiger partial charge in [0, 0.05) is 24.5 Å². The Morgan fingerprint density at radius 2 is 1.84 bits per heavy atom. The largest absolute Gasteiger partial charge is 0.346 e. The number of carbonyl (C=O) groups is 1. The number of para-hydroxylation sites is 1. The molecule has 7 heteroatoms. The Kier molecular flexibility index (Phi) is 6.09. The first kappa shape index (κ1) is 20.8. The molecule has 0 aliphatic heterocycles. The molecule has 6 nitrogen and oxygen atoms in total. The summed E-state index contributed by atoms with van der Waals surface area (Å²) in [6.45, 7) is 4.70. The Morgan fingerprint density at radius 3 is 2.52 bits per heavy atom. The van der Waals surface area contributed by atoms with Crippen molar-refractivity contribution in [2.24, 2.45) is 0 Å². The van der Waals surface area contributed by atoms with E-state index in [9.17, 15) is 4.79 Å². The molecule has 0 aliphatic carbocycles. The summed E-state index contributed by atoms with van der Waals surface area (Å²) in [6, 6.07) is 19.2. The number of halogens is 1. The number of hydrogen-bond acceptors (Lipinski definition) is 4. The van der Waals surface area contributed by atoms with Gasteiger partial charge < -0.3 is 5.32 Å². The highest BCUT2D eigenvalue weighted by Gasteiger charge is 2.23. The van der Waals surface area contributed by atoms with Crippen molar-refractivity contribution in [3.05, 3.63) is 94.9 Å². The highest BCUT2D eigenvalue weighted by atomic mass is 35.5. The number of benzene rings is 2. The predicted molar refractivity (Wildman–Crippen MR) is 121 cm³/mol. The highest BCUT2D eigenvalue weighted by molar-refractivity contribution is 6.32. The molecular formula is C24H22ClN5O. The third-order valence-electron chi connectivity index (χ3n) is 5.00. The van der Waals surface area contributed by atoms with Crippen molar-refractivity contribution in [2.75, 3.05) is 0 Å². The summed E-state index contributed by atoms with van der Waals surface area (Å²) in [5.74, 6) is 0.149. The van der Waals surface area contributed by atoms with Crippen LogP contribution in [-0.4, -0.2) is 25.9 Å². The molecule has 0 saturated heterocycles. The van der Waals surface area contributed by atoms with Gasteiger partial charge in [0.2, 0.25) is 0 Å². The van der Waals surface area contributed by atoms with E-state index < -0.39 is 0 Å². The van der Waals surface area contributed by atoms with Crippen molar-refractivity contribution >= 4 is 17.5 Å². The van der Waals surface area contributed by atoms with E-state index in [4.69, 9.17) is 11.6 Å². The molecule has 0 saturated carbocycles. The second-order valence-electron chi connectivity index (χ2n) is 7.47. The van der Waals surface area contributed by atoms with E-state index in [1.807, 2.05) is 36.4 Å². The molecule has 2 aromatic carbocycles. The van der Waals surface area contributed by atoms with Crippen LogP contribution in [0.15, 0.2) is 73.1 Å². The molecule has 0 fully saturated rings. The molecule has 1 amide bonds. The molecule has 4 aromatic rings. The van der Waals surface area contributed by atoms with Crippen LogP contribution in [0.1, 0.15) is 41.4 Å². The van der Waals surface area contributed by atoms with Crippen LogP contribution in [0.5, 0.6) is 0 Å². The number of carbonyl (C=O) groups excluding carboxylic acids is 1. The van der Waals surface area contributed by atoms with Gasteiger partial charge in [-0.2, -0.15) is 0 Å². The molecule has 0 aliphatic rings. The maximum Gasteiger partial charge on any atom is 0.274 e. The molecule has 0 bridgehead atoms. The maximum atomic E-state index is 13.0. The van der Waals surface area contributed by atoms with Crippen LogP contribution in [0.3, 0.4) is 0 Å². The Balaban J connectivity index is 1.65. The van der Waals surface area contributed by atoms with Crippen molar-refractivity contribution in [1.29, 1.82) is 0 Å². The fourth-order valence-electron chi connectivity index (χ4n) is 3.28. The molecule has 31 heavy (non-hydrogen) atoms. The fraction of sp³-hybridized carbons (Fsp3) is 0.167. The minimum Gasteiger partial charge on any atom is -0.346 e. The van der Waals surface area contributed by atoms with Gasteiger partial charge in [-0.05, 0) is 41.3 Å². The van der Waals surface area contributed by atoms with Crippen LogP contribution in [-0.2, 0) is 6.54 Å². The Bertz CT molecular complexity index is 1190. The SMILES string of the molecule is CC(C)c1ccc(CNC(=O)c2nnn(-c3ccccc3Cl)c2-c2cccnc2)cc1. The smallest absolute Gasteiger partial charge is 0.274 e. The van der Waals surface area contributed by atoms with Gasteiger partial charge in [-0.15, -0.1) is 5.10 Å². The lowest BCUT2D eigenvalue weighted by atomic mass is 10.0. The number of nitrogens with one attached hydrogen (secondary N) is 1. The fourth-order valence-corrected chi connectivity index (χ4v) is 3.49. The number of aromatic nitrogens is 4. The van der Waals surface area contributed by atoms with E-state index >= 15 is 0 Å². The van der Waals surface area contributed by atoms with E-state index in [0.717, 1.165) is 11.1 Å². The maximum absolute atomic E-state index is 13.0. The van der Waals surface area contributed by atoms with Crippen LogP contribution in [0.2, 0.25) is 5.02 Å². The number of nitrogens with zero attached hydrogens (tertiary/aromatic N) is 4. The summed E-state index contributed by atoms with van der Waals surface area (Å²) in [7, 11) is 0. The normalized spacial score (nSPS) is 11.0. The topological polar surface area (TPSA) is 72.7 Å². The summed E-state index contributed by atoms with van der Waals surface area (Å²) in [5, 5.41) is 11.9. The first-order valence-electron chi connectivity index (χ1n) is 10.0. The highest BCUT2D eigenvalue weighted by Crippen LogP contribution is 2.28. The van der Waals surface area contributed by atoms with E-state index in [0.29, 0.717) is 28.9 Å². The van der Waals surface area contributed by atoms with Crippen LogP contribution >= 0.6 is 11.6 Å². The Labute approximate surface area is 185 Å². The van der Waals surface area contributed by atoms with E-state index in [2.05, 4.69) is 46.6 Å². The van der Waals surface area contributed by atoms with E-state index in [1.165, 1.54) is 5.56 Å². The van der Waals surface area contributed by atoms with E-state index in [1.54, 1.807) is 29.2 Å². The van der Waals surface area contributed by atoms with Gasteiger partial charge in [0.05, 0.1) is 10.7 Å². The summed E-state index contributed by atoms with van der Waals surface area (Å²) in [4.78, 5) is 17.2. The molecule has 0 radical (unpaired) electrons. The van der Waals surface area contributed by atoms with Crippen molar-refractivity contribution in [1.82, 2.24) is 25.3 Å². The van der Waals surface area contributed by atoms with Gasteiger partial charge >= 0.3 is 0 Å². The van der Waals surface area contributed by atoms with Crippen LogP contribution in [0, 0.1) is 0 Å². The molecule has 4 rings (SSSR count). The van der Waals surface area contributed by atoms with Gasteiger partial charge in [-0.25, -0.2) is 4.68 Å². The molecule has 0 atom stereocenters. The molecule has 156 valence electrons. The minimum absolute atomic E-state index is 0.215. The Morgan fingerprint density at radius 1 is 1.06 bits per heavy atom. The van der Waals surface area contributed by atoms with Gasteiger partial charge in [0.15, 0.2) is 5.69 Å². The average Bonchev–Trinajstić information content (AvgIpc) is 3.23. The number of hydrogen-bond donors (Lipinski definition) is 1. The zero-order valence-electron chi connectivity index (χ0n) is 17.3. The summed E-state index contributed by atoms with van der Waals surface area (Å²) >= 11 is 6.38. The second-order valence-corrected chi connectivity index (χ2v) is 7.88. The van der Waals surface area contributed by atoms with Crippen LogP contribution < -0.4 is 5.32 Å². The molecule has 0 unspecified atom stereocenters. The lowest BCUT2D eigenvalue weighted by Gasteiger charge is -2.10. The summed E-state index contributed by atoms with van der Waals surface area (Å²) in [6.07, 6.45) is 3.35. The standard InChI is InChI=1S/C24H22ClN5O/c1-16(2)18-11-9-17(10-12-18)14-27-24(31)22-23(19-6-5-13-26-15-19)30(29-28-22)21-8-4-3-7-20(21)25/h3-13,15-16H,14H2,1-2H3,(H,27,31). The van der Waals surface area contributed by atoms with Crippen molar-refractivity contribution < 1.29 is 4.79 Å².